The molecule has 0 aliphatic heterocycles. The first-order valence-electron chi connectivity index (χ1n) is 11.2. The summed E-state index contributed by atoms with van der Waals surface area (Å²) in [5.41, 5.74) is 0. The van der Waals surface area contributed by atoms with Gasteiger partial charge < -0.3 is 14.7 Å². The normalized spacial score (nSPS) is 18.0. The van der Waals surface area contributed by atoms with Crippen LogP contribution in [0.1, 0.15) is 45.4 Å². The Labute approximate surface area is 207 Å². The molecular weight excluding hydrogens is 482 g/mol. The summed E-state index contributed by atoms with van der Waals surface area (Å²) in [5, 5.41) is 12.9. The van der Waals surface area contributed by atoms with Crippen molar-refractivity contribution in [1.82, 2.24) is 9.88 Å². The van der Waals surface area contributed by atoms with Crippen molar-refractivity contribution in [2.24, 2.45) is 5.92 Å². The first-order chi connectivity index (χ1) is 15.9. The molecule has 2 aromatic rings. The summed E-state index contributed by atoms with van der Waals surface area (Å²) >= 11 is 8.72. The number of nitrogens with zero attached hydrogens (tertiary/aromatic N) is 2. The van der Waals surface area contributed by atoms with Crippen molar-refractivity contribution < 1.29 is 19.4 Å². The molecule has 10 heteroatoms. The number of anilines is 1. The average molecular weight is 512 g/mol. The number of carbonyl (C=O) groups excluding carboxylic acids is 1. The van der Waals surface area contributed by atoms with Crippen LogP contribution < -0.4 is 10.1 Å². The molecule has 0 spiro atoms. The van der Waals surface area contributed by atoms with Crippen LogP contribution in [0.2, 0.25) is 5.02 Å². The highest BCUT2D eigenvalue weighted by molar-refractivity contribution is 8.01. The maximum atomic E-state index is 13.1. The average Bonchev–Trinajstić information content (AvgIpc) is 3.22. The smallest absolute Gasteiger partial charge is 0.323 e. The van der Waals surface area contributed by atoms with Crippen LogP contribution in [-0.4, -0.2) is 51.9 Å². The molecule has 180 valence electrons. The lowest BCUT2D eigenvalue weighted by atomic mass is 9.86. The molecule has 3 rings (SSSR count). The van der Waals surface area contributed by atoms with Gasteiger partial charge in [-0.05, 0) is 62.3 Å². The first kappa shape index (κ1) is 25.6. The van der Waals surface area contributed by atoms with Crippen LogP contribution in [0.3, 0.4) is 0 Å². The lowest BCUT2D eigenvalue weighted by molar-refractivity contribution is -0.136. The number of aromatic nitrogens is 1. The molecule has 0 atom stereocenters. The third-order valence-corrected chi connectivity index (χ3v) is 7.93. The van der Waals surface area contributed by atoms with E-state index in [1.807, 2.05) is 17.0 Å². The largest absolute Gasteiger partial charge is 0.494 e. The summed E-state index contributed by atoms with van der Waals surface area (Å²) in [6.45, 7) is 3.37. The van der Waals surface area contributed by atoms with Crippen LogP contribution in [-0.2, 0) is 4.79 Å². The molecule has 0 saturated heterocycles. The minimum absolute atomic E-state index is 0.0935. The standard InChI is InChI=1S/C23H30ClN3O4S2/c1-16-3-7-18(8-4-16)27(12-2-13-31-19-9-5-17(24)6-10-19)23(30)26-22-25-15-21(33-22)32-14-11-20(28)29/h5-6,9-10,15-16,18H,2-4,7-8,11-14H2,1H3,(H,28,29)(H,25,26,30)/t16-,18-. The second kappa shape index (κ2) is 13.1. The molecule has 2 N–H and O–H groups in total. The molecule has 7 nitrogen and oxygen atoms in total. The Bertz CT molecular complexity index is 901. The van der Waals surface area contributed by atoms with E-state index in [1.54, 1.807) is 18.3 Å². The Morgan fingerprint density at radius 3 is 2.70 bits per heavy atom. The lowest BCUT2D eigenvalue weighted by Gasteiger charge is -2.36. The minimum atomic E-state index is -0.821. The monoisotopic (exact) mass is 511 g/mol. The zero-order chi connectivity index (χ0) is 23.6. The highest BCUT2D eigenvalue weighted by Gasteiger charge is 2.28. The molecule has 1 fully saturated rings. The molecule has 0 radical (unpaired) electrons. The van der Waals surface area contributed by atoms with Crippen molar-refractivity contribution in [3.8, 4) is 5.75 Å². The Morgan fingerprint density at radius 1 is 1.27 bits per heavy atom. The van der Waals surface area contributed by atoms with Gasteiger partial charge in [0.15, 0.2) is 5.13 Å². The van der Waals surface area contributed by atoms with E-state index < -0.39 is 5.97 Å². The van der Waals surface area contributed by atoms with Crippen LogP contribution in [0.5, 0.6) is 5.75 Å². The van der Waals surface area contributed by atoms with E-state index in [1.165, 1.54) is 23.1 Å². The fourth-order valence-electron chi connectivity index (χ4n) is 3.75. The Hall–Kier alpha value is -1.97. The molecule has 1 aliphatic rings. The van der Waals surface area contributed by atoms with Gasteiger partial charge in [-0.1, -0.05) is 29.9 Å². The summed E-state index contributed by atoms with van der Waals surface area (Å²) < 4.78 is 6.69. The van der Waals surface area contributed by atoms with E-state index in [-0.39, 0.29) is 18.5 Å². The Balaban J connectivity index is 1.54. The number of aliphatic carboxylic acids is 1. The molecule has 1 heterocycles. The van der Waals surface area contributed by atoms with Gasteiger partial charge in [0.1, 0.15) is 5.75 Å². The van der Waals surface area contributed by atoms with Gasteiger partial charge in [0.05, 0.1) is 23.4 Å². The third kappa shape index (κ3) is 8.72. The highest BCUT2D eigenvalue weighted by Crippen LogP contribution is 2.30. The van der Waals surface area contributed by atoms with Crippen molar-refractivity contribution in [1.29, 1.82) is 0 Å². The summed E-state index contributed by atoms with van der Waals surface area (Å²) in [7, 11) is 0. The van der Waals surface area contributed by atoms with Crippen molar-refractivity contribution >= 4 is 51.8 Å². The first-order valence-corrected chi connectivity index (χ1v) is 13.3. The van der Waals surface area contributed by atoms with Gasteiger partial charge in [-0.2, -0.15) is 0 Å². The number of carboxylic acids is 1. The van der Waals surface area contributed by atoms with Gasteiger partial charge in [-0.3, -0.25) is 10.1 Å². The number of ether oxygens (including phenoxy) is 1. The van der Waals surface area contributed by atoms with E-state index in [4.69, 9.17) is 21.4 Å². The van der Waals surface area contributed by atoms with Gasteiger partial charge in [-0.25, -0.2) is 9.78 Å². The van der Waals surface area contributed by atoms with Crippen LogP contribution in [0, 0.1) is 5.92 Å². The predicted molar refractivity (Wildman–Crippen MR) is 134 cm³/mol. The number of amides is 2. The molecule has 0 unspecified atom stereocenters. The molecule has 33 heavy (non-hydrogen) atoms. The fourth-order valence-corrected chi connectivity index (χ4v) is 5.74. The molecular formula is C23H30ClN3O4S2. The van der Waals surface area contributed by atoms with Crippen LogP contribution in [0.4, 0.5) is 9.93 Å². The number of rotatable bonds is 11. The topological polar surface area (TPSA) is 91.8 Å². The molecule has 2 amide bonds. The van der Waals surface area contributed by atoms with Gasteiger partial charge in [0.25, 0.3) is 0 Å². The second-order valence-corrected chi connectivity index (χ2v) is 11.0. The SMILES string of the molecule is C[C@H]1CC[C@H](N(CCCOc2ccc(Cl)cc2)C(=O)Nc2ncc(SCCC(=O)O)s2)CC1. The summed E-state index contributed by atoms with van der Waals surface area (Å²) in [6, 6.07) is 7.33. The molecule has 1 aromatic heterocycles. The third-order valence-electron chi connectivity index (χ3n) is 5.57. The van der Waals surface area contributed by atoms with Crippen LogP contribution in [0.15, 0.2) is 34.7 Å². The van der Waals surface area contributed by atoms with Gasteiger partial charge >= 0.3 is 12.0 Å². The molecule has 1 saturated carbocycles. The number of halogens is 1. The van der Waals surface area contributed by atoms with Crippen molar-refractivity contribution in [3.05, 3.63) is 35.5 Å². The van der Waals surface area contributed by atoms with E-state index in [0.29, 0.717) is 35.0 Å². The molecule has 0 bridgehead atoms. The zero-order valence-electron chi connectivity index (χ0n) is 18.7. The van der Waals surface area contributed by atoms with Gasteiger partial charge in [-0.15, -0.1) is 11.8 Å². The zero-order valence-corrected chi connectivity index (χ0v) is 21.1. The van der Waals surface area contributed by atoms with Crippen LogP contribution >= 0.6 is 34.7 Å². The Morgan fingerprint density at radius 2 is 2.00 bits per heavy atom. The number of thiazole rings is 1. The second-order valence-electron chi connectivity index (χ2n) is 8.17. The Kier molecular flexibility index (Phi) is 10.1. The summed E-state index contributed by atoms with van der Waals surface area (Å²) in [5.74, 6) is 1.12. The number of nitrogens with one attached hydrogen (secondary N) is 1. The predicted octanol–water partition coefficient (Wildman–Crippen LogP) is 6.25. The van der Waals surface area contributed by atoms with E-state index in [9.17, 15) is 9.59 Å². The van der Waals surface area contributed by atoms with E-state index >= 15 is 0 Å². The van der Waals surface area contributed by atoms with E-state index in [0.717, 1.165) is 42.1 Å². The summed E-state index contributed by atoms with van der Waals surface area (Å²) in [6.07, 6.45) is 6.74. The number of hydrogen-bond donors (Lipinski definition) is 2. The fraction of sp³-hybridized carbons (Fsp3) is 0.522. The lowest BCUT2D eigenvalue weighted by Crippen LogP contribution is -2.45. The maximum absolute atomic E-state index is 13.1. The van der Waals surface area contributed by atoms with Crippen molar-refractivity contribution in [2.75, 3.05) is 24.2 Å². The minimum Gasteiger partial charge on any atom is -0.494 e. The molecule has 1 aromatic carbocycles. The quantitative estimate of drug-likeness (QED) is 0.274. The highest BCUT2D eigenvalue weighted by atomic mass is 35.5. The number of carbonyl (C=O) groups is 2. The number of carboxylic acid groups (broad SMARTS) is 1. The van der Waals surface area contributed by atoms with Crippen LogP contribution in [0.25, 0.3) is 0 Å². The van der Waals surface area contributed by atoms with Gasteiger partial charge in [0, 0.05) is 23.4 Å². The molecule has 1 aliphatic carbocycles. The van der Waals surface area contributed by atoms with E-state index in [2.05, 4.69) is 17.2 Å². The van der Waals surface area contributed by atoms with Crippen molar-refractivity contribution in [2.45, 2.75) is 55.7 Å². The number of benzene rings is 1. The number of hydrogen-bond acceptors (Lipinski definition) is 6. The van der Waals surface area contributed by atoms with Gasteiger partial charge in [0.2, 0.25) is 0 Å². The summed E-state index contributed by atoms with van der Waals surface area (Å²) in [4.78, 5) is 30.1. The van der Waals surface area contributed by atoms with Crippen molar-refractivity contribution in [3.63, 3.8) is 0 Å². The number of thioether (sulfide) groups is 1. The maximum Gasteiger partial charge on any atom is 0.323 e. The number of urea groups is 1.